The summed E-state index contributed by atoms with van der Waals surface area (Å²) < 4.78 is 19.4. The summed E-state index contributed by atoms with van der Waals surface area (Å²) in [5, 5.41) is 3.56. The van der Waals surface area contributed by atoms with Crippen molar-refractivity contribution in [2.45, 2.75) is 52.7 Å². The Hall–Kier alpha value is -5.62. The van der Waals surface area contributed by atoms with Crippen LogP contribution in [-0.4, -0.2) is 51.9 Å². The van der Waals surface area contributed by atoms with Gasteiger partial charge in [-0.3, -0.25) is 8.47 Å². The number of amidine groups is 4. The molecule has 10 rings (SSSR count). The molecule has 4 aromatic carbocycles. The molecule has 0 amide bonds. The molecular weight excluding hydrogens is 653 g/mol. The highest BCUT2D eigenvalue weighted by atomic mass is 28.4. The lowest BCUT2D eigenvalue weighted by Gasteiger charge is -2.41. The van der Waals surface area contributed by atoms with E-state index in [1.165, 1.54) is 0 Å². The van der Waals surface area contributed by atoms with Crippen LogP contribution in [0.5, 0.6) is 0 Å². The second-order valence-corrected chi connectivity index (χ2v) is 17.5. The van der Waals surface area contributed by atoms with Crippen LogP contribution in [0.25, 0.3) is 21.5 Å². The van der Waals surface area contributed by atoms with Crippen LogP contribution >= 0.6 is 0 Å². The SMILES string of the molecule is CC(C)(C)O[Si]1(OC(C)(C)C)n2c3c4ccccc4c2N=C2N=C(N=c4c5ccccc5c(n41)=NC1=NC(=N3)c3ccccc31)c1ccccc12. The van der Waals surface area contributed by atoms with E-state index >= 15 is 0 Å². The van der Waals surface area contributed by atoms with Gasteiger partial charge in [-0.1, -0.05) is 97.1 Å². The Kier molecular flexibility index (Phi) is 6.06. The van der Waals surface area contributed by atoms with E-state index in [2.05, 4.69) is 74.3 Å². The molecule has 4 aliphatic rings. The highest BCUT2D eigenvalue weighted by Crippen LogP contribution is 2.45. The van der Waals surface area contributed by atoms with Crippen molar-refractivity contribution in [3.05, 3.63) is 130 Å². The second kappa shape index (κ2) is 10.2. The Bertz CT molecular complexity index is 2610. The van der Waals surface area contributed by atoms with Gasteiger partial charge in [-0.2, -0.15) is 0 Å². The average Bonchev–Trinajstić information content (AvgIpc) is 3.80. The number of aromatic nitrogens is 2. The molecule has 0 saturated heterocycles. The van der Waals surface area contributed by atoms with Crippen LogP contribution in [0.1, 0.15) is 63.8 Å². The summed E-state index contributed by atoms with van der Waals surface area (Å²) in [5.41, 5.74) is 3.46. The molecule has 0 spiro atoms. The predicted octanol–water partition coefficient (Wildman–Crippen LogP) is 7.00. The number of aliphatic imine (C=N–C) groups is 4. The zero-order valence-electron chi connectivity index (χ0n) is 29.1. The number of fused-ring (bicyclic) bond motifs is 14. The fourth-order valence-electron chi connectivity index (χ4n) is 7.44. The van der Waals surface area contributed by atoms with Crippen LogP contribution in [0.2, 0.25) is 0 Å². The molecule has 10 nitrogen and oxygen atoms in total. The monoisotopic (exact) mass is 686 g/mol. The van der Waals surface area contributed by atoms with Crippen LogP contribution in [0.4, 0.5) is 11.6 Å². The second-order valence-electron chi connectivity index (χ2n) is 15.1. The summed E-state index contributed by atoms with van der Waals surface area (Å²) in [6.45, 7) is 12.4. The first-order valence-corrected chi connectivity index (χ1v) is 18.9. The van der Waals surface area contributed by atoms with Gasteiger partial charge in [0.2, 0.25) is 0 Å². The number of nitrogens with zero attached hydrogens (tertiary/aromatic N) is 8. The quantitative estimate of drug-likeness (QED) is 0.183. The van der Waals surface area contributed by atoms with Crippen LogP contribution in [-0.2, 0) is 8.85 Å². The smallest absolute Gasteiger partial charge is 0.356 e. The molecule has 0 fully saturated rings. The maximum Gasteiger partial charge on any atom is 0.604 e. The average molecular weight is 687 g/mol. The third kappa shape index (κ3) is 4.41. The van der Waals surface area contributed by atoms with Crippen molar-refractivity contribution in [1.82, 2.24) is 8.47 Å². The molecule has 250 valence electrons. The van der Waals surface area contributed by atoms with Crippen molar-refractivity contribution in [3.63, 3.8) is 0 Å². The van der Waals surface area contributed by atoms with Crippen LogP contribution in [0.15, 0.2) is 127 Å². The fourth-order valence-corrected chi connectivity index (χ4v) is 11.4. The molecule has 0 saturated carbocycles. The number of hydrogen-bond acceptors (Lipinski definition) is 8. The van der Waals surface area contributed by atoms with Crippen LogP contribution in [0, 0.1) is 0 Å². The molecule has 11 heteroatoms. The molecule has 2 aromatic heterocycles. The van der Waals surface area contributed by atoms with Crippen LogP contribution < -0.4 is 11.0 Å². The Balaban J connectivity index is 1.56. The van der Waals surface area contributed by atoms with Crippen molar-refractivity contribution in [2.75, 3.05) is 0 Å². The van der Waals surface area contributed by atoms with Gasteiger partial charge in [0.25, 0.3) is 0 Å². The van der Waals surface area contributed by atoms with E-state index in [1.807, 2.05) is 72.8 Å². The first-order valence-electron chi connectivity index (χ1n) is 17.2. The van der Waals surface area contributed by atoms with Gasteiger partial charge < -0.3 is 8.85 Å². The van der Waals surface area contributed by atoms with Gasteiger partial charge in [0.1, 0.15) is 22.6 Å². The standard InChI is InChI=1S/C40H34N8O2Si/c1-39(2,3)49-51(50-40(4,5)6)47-35-27-19-11-12-20-28(27)37(47)45-33-25-17-9-10-18-26(25)34(42-33)46-38-30-22-14-13-21-29(30)36(48(38)51)44-32-24-16-8-7-15-23(24)31(41-32)43-35/h7-22H,1-6H3. The predicted molar refractivity (Wildman–Crippen MR) is 203 cm³/mol. The number of benzene rings is 4. The summed E-state index contributed by atoms with van der Waals surface area (Å²) in [5.74, 6) is 3.52. The summed E-state index contributed by atoms with van der Waals surface area (Å²) in [6, 6.07) is 32.7. The third-order valence-electron chi connectivity index (χ3n) is 9.20. The molecule has 0 radical (unpaired) electrons. The highest BCUT2D eigenvalue weighted by molar-refractivity contribution is 6.66. The van der Waals surface area contributed by atoms with Gasteiger partial charge in [0.15, 0.2) is 23.3 Å². The zero-order chi connectivity index (χ0) is 34.9. The van der Waals surface area contributed by atoms with Crippen molar-refractivity contribution in [1.29, 1.82) is 0 Å². The summed E-state index contributed by atoms with van der Waals surface area (Å²) in [7, 11) is -4.16. The van der Waals surface area contributed by atoms with E-state index in [0.717, 1.165) is 43.8 Å². The minimum atomic E-state index is -4.16. The summed E-state index contributed by atoms with van der Waals surface area (Å²) >= 11 is 0. The van der Waals surface area contributed by atoms with E-state index < -0.39 is 20.1 Å². The first-order chi connectivity index (χ1) is 24.5. The molecular formula is C40H34N8O2Si. The van der Waals surface area contributed by atoms with E-state index in [1.54, 1.807) is 0 Å². The molecule has 4 aliphatic heterocycles. The Morgan fingerprint density at radius 1 is 0.412 bits per heavy atom. The molecule has 51 heavy (non-hydrogen) atoms. The Morgan fingerprint density at radius 2 is 0.745 bits per heavy atom. The van der Waals surface area contributed by atoms with Crippen molar-refractivity contribution >= 4 is 65.4 Å². The van der Waals surface area contributed by atoms with Gasteiger partial charge in [-0.05, 0) is 41.5 Å². The molecule has 0 unspecified atom stereocenters. The normalized spacial score (nSPS) is 16.7. The summed E-state index contributed by atoms with van der Waals surface area (Å²) in [6.07, 6.45) is 0. The van der Waals surface area contributed by atoms with Crippen molar-refractivity contribution < 1.29 is 8.85 Å². The Morgan fingerprint density at radius 3 is 1.12 bits per heavy atom. The minimum Gasteiger partial charge on any atom is -0.356 e. The molecule has 0 atom stereocenters. The molecule has 6 heterocycles. The lowest BCUT2D eigenvalue weighted by molar-refractivity contribution is 0.00219. The molecule has 0 N–H and O–H groups in total. The largest absolute Gasteiger partial charge is 0.604 e. The Labute approximate surface area is 295 Å². The van der Waals surface area contributed by atoms with Gasteiger partial charge in [0.05, 0.1) is 11.2 Å². The topological polar surface area (TPSA) is 102 Å². The van der Waals surface area contributed by atoms with E-state index in [4.69, 9.17) is 38.8 Å². The molecule has 0 aliphatic carbocycles. The molecule has 6 bridgehead atoms. The highest BCUT2D eigenvalue weighted by Gasteiger charge is 2.57. The van der Waals surface area contributed by atoms with Crippen molar-refractivity contribution in [2.24, 2.45) is 30.0 Å². The molecule has 6 aromatic rings. The zero-order valence-corrected chi connectivity index (χ0v) is 30.1. The fraction of sp³-hybridized carbons (Fsp3) is 0.200. The number of hydrogen-bond donors (Lipinski definition) is 0. The van der Waals surface area contributed by atoms with E-state index in [9.17, 15) is 0 Å². The third-order valence-corrected chi connectivity index (χ3v) is 12.9. The van der Waals surface area contributed by atoms with Gasteiger partial charge in [0, 0.05) is 43.8 Å². The van der Waals surface area contributed by atoms with Crippen molar-refractivity contribution in [3.8, 4) is 0 Å². The number of rotatable bonds is 2. The summed E-state index contributed by atoms with van der Waals surface area (Å²) in [4.78, 5) is 32.1. The van der Waals surface area contributed by atoms with Gasteiger partial charge in [-0.25, -0.2) is 30.0 Å². The maximum atomic E-state index is 7.58. The lowest BCUT2D eigenvalue weighted by atomic mass is 10.1. The lowest BCUT2D eigenvalue weighted by Crippen LogP contribution is -2.68. The maximum absolute atomic E-state index is 7.58. The van der Waals surface area contributed by atoms with Crippen LogP contribution in [0.3, 0.4) is 0 Å². The van der Waals surface area contributed by atoms with E-state index in [-0.39, 0.29) is 0 Å². The first kappa shape index (κ1) is 30.2. The van der Waals surface area contributed by atoms with Gasteiger partial charge in [-0.15, -0.1) is 0 Å². The minimum absolute atomic E-state index is 0.565. The van der Waals surface area contributed by atoms with Gasteiger partial charge >= 0.3 is 8.88 Å². The van der Waals surface area contributed by atoms with E-state index in [0.29, 0.717) is 46.0 Å².